The van der Waals surface area contributed by atoms with E-state index in [9.17, 15) is 22.4 Å². The van der Waals surface area contributed by atoms with Gasteiger partial charge in [0.15, 0.2) is 11.3 Å². The van der Waals surface area contributed by atoms with Crippen LogP contribution in [0.3, 0.4) is 0 Å². The summed E-state index contributed by atoms with van der Waals surface area (Å²) >= 11 is 0.798. The largest absolute Gasteiger partial charge is 0.288 e. The van der Waals surface area contributed by atoms with Gasteiger partial charge in [0.1, 0.15) is 6.17 Å². The minimum Gasteiger partial charge on any atom is -0.288 e. The zero-order valence-corrected chi connectivity index (χ0v) is 7.79. The Labute approximate surface area is 77.9 Å². The third kappa shape index (κ3) is 5.90. The van der Waals surface area contributed by atoms with Crippen molar-refractivity contribution in [3.63, 3.8) is 0 Å². The number of alkyl halides is 4. The van der Waals surface area contributed by atoms with Crippen LogP contribution in [0.15, 0.2) is 0 Å². The molecule has 2 atom stereocenters. The molecule has 0 aromatic rings. The predicted molar refractivity (Wildman–Crippen MR) is 43.6 cm³/mol. The molecular weight excluding hydrogens is 208 g/mol. The lowest BCUT2D eigenvalue weighted by molar-refractivity contribution is -0.109. The van der Waals surface area contributed by atoms with E-state index < -0.39 is 18.8 Å². The summed E-state index contributed by atoms with van der Waals surface area (Å²) in [5, 5.41) is -0.236. The van der Waals surface area contributed by atoms with E-state index in [1.165, 1.54) is 6.92 Å². The summed E-state index contributed by atoms with van der Waals surface area (Å²) in [6.45, 7) is 1.28. The number of hydrogen-bond donors (Lipinski definition) is 0. The molecule has 0 spiro atoms. The van der Waals surface area contributed by atoms with E-state index >= 15 is 0 Å². The van der Waals surface area contributed by atoms with Crippen LogP contribution in [0.4, 0.5) is 17.6 Å². The van der Waals surface area contributed by atoms with Gasteiger partial charge in [0.05, 0.1) is 0 Å². The maximum atomic E-state index is 12.5. The topological polar surface area (TPSA) is 17.1 Å². The Hall–Kier alpha value is -0.260. The van der Waals surface area contributed by atoms with E-state index in [2.05, 4.69) is 0 Å². The van der Waals surface area contributed by atoms with Crippen LogP contribution in [0, 0.1) is 0 Å². The summed E-state index contributed by atoms with van der Waals surface area (Å²) in [6, 6.07) is 0. The number of rotatable bonds is 5. The van der Waals surface area contributed by atoms with Crippen molar-refractivity contribution < 1.29 is 22.4 Å². The van der Waals surface area contributed by atoms with Crippen molar-refractivity contribution >= 4 is 16.9 Å². The van der Waals surface area contributed by atoms with Crippen LogP contribution in [0.2, 0.25) is 0 Å². The molecule has 1 nitrogen and oxygen atoms in total. The first-order valence-electron chi connectivity index (χ1n) is 3.64. The van der Waals surface area contributed by atoms with Crippen molar-refractivity contribution in [2.24, 2.45) is 0 Å². The molecule has 2 unspecified atom stereocenters. The second kappa shape index (κ2) is 6.23. The van der Waals surface area contributed by atoms with Crippen molar-refractivity contribution in [1.29, 1.82) is 0 Å². The highest BCUT2D eigenvalue weighted by atomic mass is 32.2. The first kappa shape index (κ1) is 12.7. The van der Waals surface area contributed by atoms with Gasteiger partial charge in [-0.1, -0.05) is 11.8 Å². The summed E-state index contributed by atoms with van der Waals surface area (Å²) in [5.41, 5.74) is 0. The van der Waals surface area contributed by atoms with E-state index in [4.69, 9.17) is 0 Å². The normalized spacial score (nSPS) is 15.8. The Morgan fingerprint density at radius 2 is 1.85 bits per heavy atom. The minimum absolute atomic E-state index is 0.0314. The molecule has 13 heavy (non-hydrogen) atoms. The molecule has 0 radical (unpaired) electrons. The van der Waals surface area contributed by atoms with Crippen LogP contribution in [0.1, 0.15) is 13.3 Å². The molecule has 0 bridgehead atoms. The van der Waals surface area contributed by atoms with E-state index in [0.29, 0.717) is 0 Å². The summed E-state index contributed by atoms with van der Waals surface area (Å²) < 4.78 is 47.9. The van der Waals surface area contributed by atoms with E-state index in [1.807, 2.05) is 0 Å². The summed E-state index contributed by atoms with van der Waals surface area (Å²) in [6.07, 6.45) is -8.59. The van der Waals surface area contributed by atoms with Gasteiger partial charge in [0.2, 0.25) is 0 Å². The standard InChI is InChI=1S/C7H10F4OS/c1-4(12)13-3-2-5(8)6(9)7(10)11/h5-7H,2-3H2,1H3. The van der Waals surface area contributed by atoms with Crippen LogP contribution in [-0.2, 0) is 4.79 Å². The molecule has 0 aliphatic heterocycles. The SMILES string of the molecule is CC(=O)SCCC(F)C(F)C(F)F. The lowest BCUT2D eigenvalue weighted by Gasteiger charge is -2.11. The predicted octanol–water partition coefficient (Wildman–Crippen LogP) is 2.60. The molecule has 0 fully saturated rings. The molecule has 0 aliphatic rings. The monoisotopic (exact) mass is 218 g/mol. The van der Waals surface area contributed by atoms with Gasteiger partial charge >= 0.3 is 0 Å². The van der Waals surface area contributed by atoms with Crippen molar-refractivity contribution in [3.05, 3.63) is 0 Å². The van der Waals surface area contributed by atoms with Crippen molar-refractivity contribution in [1.82, 2.24) is 0 Å². The van der Waals surface area contributed by atoms with Gasteiger partial charge in [-0.15, -0.1) is 0 Å². The Bertz CT molecular complexity index is 165. The molecule has 0 amide bonds. The van der Waals surface area contributed by atoms with Gasteiger partial charge < -0.3 is 0 Å². The van der Waals surface area contributed by atoms with Crippen LogP contribution in [-0.4, -0.2) is 29.6 Å². The van der Waals surface area contributed by atoms with Gasteiger partial charge in [-0.2, -0.15) is 0 Å². The molecule has 0 aromatic carbocycles. The maximum absolute atomic E-state index is 12.5. The second-order valence-electron chi connectivity index (χ2n) is 2.42. The fraction of sp³-hybridized carbons (Fsp3) is 0.857. The average Bonchev–Trinajstić information content (AvgIpc) is 2.02. The third-order valence-corrected chi connectivity index (χ3v) is 2.13. The summed E-state index contributed by atoms with van der Waals surface area (Å²) in [4.78, 5) is 10.3. The highest BCUT2D eigenvalue weighted by Crippen LogP contribution is 2.18. The molecule has 0 saturated carbocycles. The second-order valence-corrected chi connectivity index (χ2v) is 3.70. The van der Waals surface area contributed by atoms with E-state index in [1.54, 1.807) is 0 Å². The molecule has 0 rings (SSSR count). The van der Waals surface area contributed by atoms with Crippen molar-refractivity contribution in [2.45, 2.75) is 32.1 Å². The number of carbonyl (C=O) groups is 1. The summed E-state index contributed by atoms with van der Waals surface area (Å²) in [7, 11) is 0. The Kier molecular flexibility index (Phi) is 6.11. The zero-order chi connectivity index (χ0) is 10.4. The van der Waals surface area contributed by atoms with E-state index in [-0.39, 0.29) is 17.3 Å². The van der Waals surface area contributed by atoms with E-state index in [0.717, 1.165) is 11.8 Å². The van der Waals surface area contributed by atoms with Gasteiger partial charge in [0, 0.05) is 12.7 Å². The minimum atomic E-state index is -3.29. The quantitative estimate of drug-likeness (QED) is 0.660. The molecule has 0 heterocycles. The molecule has 0 aliphatic carbocycles. The molecule has 78 valence electrons. The van der Waals surface area contributed by atoms with Gasteiger partial charge in [0.25, 0.3) is 6.43 Å². The van der Waals surface area contributed by atoms with Crippen LogP contribution in [0.5, 0.6) is 0 Å². The Morgan fingerprint density at radius 3 is 2.23 bits per heavy atom. The van der Waals surface area contributed by atoms with Crippen molar-refractivity contribution in [3.8, 4) is 0 Å². The number of halogens is 4. The molecular formula is C7H10F4OS. The zero-order valence-electron chi connectivity index (χ0n) is 6.97. The molecule has 0 aromatic heterocycles. The lowest BCUT2D eigenvalue weighted by Crippen LogP contribution is -2.25. The Balaban J connectivity index is 3.61. The fourth-order valence-corrected chi connectivity index (χ4v) is 1.26. The van der Waals surface area contributed by atoms with Gasteiger partial charge in [-0.05, 0) is 6.42 Å². The molecule has 0 N–H and O–H groups in total. The average molecular weight is 218 g/mol. The van der Waals surface area contributed by atoms with Crippen molar-refractivity contribution in [2.75, 3.05) is 5.75 Å². The third-order valence-electron chi connectivity index (χ3n) is 1.29. The van der Waals surface area contributed by atoms with Crippen LogP contribution >= 0.6 is 11.8 Å². The van der Waals surface area contributed by atoms with Crippen LogP contribution < -0.4 is 0 Å². The van der Waals surface area contributed by atoms with Crippen LogP contribution in [0.25, 0.3) is 0 Å². The number of carbonyl (C=O) groups excluding carboxylic acids is 1. The summed E-state index contributed by atoms with van der Waals surface area (Å²) in [5.74, 6) is 0.0314. The smallest absolute Gasteiger partial charge is 0.272 e. The molecule has 6 heteroatoms. The highest BCUT2D eigenvalue weighted by Gasteiger charge is 2.29. The fourth-order valence-electron chi connectivity index (χ4n) is 0.632. The van der Waals surface area contributed by atoms with Gasteiger partial charge in [-0.25, -0.2) is 17.6 Å². The lowest BCUT2D eigenvalue weighted by atomic mass is 10.2. The molecule has 0 saturated heterocycles. The number of hydrogen-bond acceptors (Lipinski definition) is 2. The first-order chi connectivity index (χ1) is 5.95. The highest BCUT2D eigenvalue weighted by molar-refractivity contribution is 8.13. The van der Waals surface area contributed by atoms with Gasteiger partial charge in [-0.3, -0.25) is 4.79 Å². The number of thioether (sulfide) groups is 1. The maximum Gasteiger partial charge on any atom is 0.272 e. The first-order valence-corrected chi connectivity index (χ1v) is 4.63. The Morgan fingerprint density at radius 1 is 1.31 bits per heavy atom.